The topological polar surface area (TPSA) is 79.8 Å². The van der Waals surface area contributed by atoms with Gasteiger partial charge in [0, 0.05) is 20.2 Å². The normalized spacial score (nSPS) is 24.4. The first kappa shape index (κ1) is 16.9. The highest BCUT2D eigenvalue weighted by Crippen LogP contribution is 2.14. The standard InChI is InChI=1S/C16H24N2O4/c1-11-3-5-12(6-4-11)7-17-13-9-22-14(16(13)20)8-18-15(19)10-21-2/h3-6,13-14,16-17,20H,7-10H2,1-2H3,(H,18,19). The minimum Gasteiger partial charge on any atom is -0.389 e. The van der Waals surface area contributed by atoms with Crippen molar-refractivity contribution in [2.45, 2.75) is 31.7 Å². The van der Waals surface area contributed by atoms with Gasteiger partial charge in [0.1, 0.15) is 12.7 Å². The third kappa shape index (κ3) is 4.78. The third-order valence-electron chi connectivity index (χ3n) is 3.75. The van der Waals surface area contributed by atoms with Gasteiger partial charge < -0.3 is 25.2 Å². The molecule has 3 atom stereocenters. The molecule has 6 heteroatoms. The van der Waals surface area contributed by atoms with Gasteiger partial charge in [-0.1, -0.05) is 29.8 Å². The first-order valence-electron chi connectivity index (χ1n) is 7.44. The van der Waals surface area contributed by atoms with Crippen LogP contribution in [-0.4, -0.2) is 56.1 Å². The molecule has 0 spiro atoms. The second kappa shape index (κ2) is 8.24. The molecule has 0 aliphatic carbocycles. The zero-order chi connectivity index (χ0) is 15.9. The van der Waals surface area contributed by atoms with Crippen molar-refractivity contribution in [2.24, 2.45) is 0 Å². The molecule has 0 aromatic heterocycles. The Kier molecular flexibility index (Phi) is 6.33. The number of hydrogen-bond acceptors (Lipinski definition) is 5. The minimum absolute atomic E-state index is 0.0118. The lowest BCUT2D eigenvalue weighted by atomic mass is 10.1. The maximum Gasteiger partial charge on any atom is 0.246 e. The fourth-order valence-electron chi connectivity index (χ4n) is 2.39. The molecular weight excluding hydrogens is 284 g/mol. The predicted molar refractivity (Wildman–Crippen MR) is 82.4 cm³/mol. The van der Waals surface area contributed by atoms with Crippen molar-refractivity contribution in [1.82, 2.24) is 10.6 Å². The van der Waals surface area contributed by atoms with Crippen molar-refractivity contribution in [3.05, 3.63) is 35.4 Å². The summed E-state index contributed by atoms with van der Waals surface area (Å²) >= 11 is 0. The minimum atomic E-state index is -0.645. The average Bonchev–Trinajstić information content (AvgIpc) is 2.85. The fourth-order valence-corrected chi connectivity index (χ4v) is 2.39. The Labute approximate surface area is 130 Å². The van der Waals surface area contributed by atoms with Gasteiger partial charge in [-0.3, -0.25) is 4.79 Å². The Hall–Kier alpha value is -1.47. The molecule has 22 heavy (non-hydrogen) atoms. The maximum absolute atomic E-state index is 11.3. The fraction of sp³-hybridized carbons (Fsp3) is 0.562. The number of amides is 1. The van der Waals surface area contributed by atoms with Gasteiger partial charge in [-0.15, -0.1) is 0 Å². The SMILES string of the molecule is COCC(=O)NCC1OCC(NCc2ccc(C)cc2)C1O. The number of methoxy groups -OCH3 is 1. The molecule has 0 bridgehead atoms. The van der Waals surface area contributed by atoms with E-state index in [1.54, 1.807) is 0 Å². The van der Waals surface area contributed by atoms with Gasteiger partial charge in [0.15, 0.2) is 0 Å². The molecule has 1 amide bonds. The Balaban J connectivity index is 1.75. The summed E-state index contributed by atoms with van der Waals surface area (Å²) in [5, 5.41) is 16.2. The van der Waals surface area contributed by atoms with Gasteiger partial charge in [0.25, 0.3) is 0 Å². The second-order valence-electron chi connectivity index (χ2n) is 5.57. The Bertz CT molecular complexity index is 478. The summed E-state index contributed by atoms with van der Waals surface area (Å²) in [6.45, 7) is 3.45. The van der Waals surface area contributed by atoms with Crippen LogP contribution in [0.4, 0.5) is 0 Å². The van der Waals surface area contributed by atoms with E-state index in [1.165, 1.54) is 12.7 Å². The van der Waals surface area contributed by atoms with Crippen LogP contribution in [-0.2, 0) is 20.8 Å². The quantitative estimate of drug-likeness (QED) is 0.659. The van der Waals surface area contributed by atoms with E-state index in [0.717, 1.165) is 5.56 Å². The molecule has 122 valence electrons. The largest absolute Gasteiger partial charge is 0.389 e. The van der Waals surface area contributed by atoms with E-state index in [1.807, 2.05) is 6.92 Å². The molecule has 0 saturated carbocycles. The molecule has 1 fully saturated rings. The first-order valence-corrected chi connectivity index (χ1v) is 7.44. The van der Waals surface area contributed by atoms with Crippen LogP contribution in [0, 0.1) is 6.92 Å². The molecule has 1 aromatic rings. The van der Waals surface area contributed by atoms with E-state index in [9.17, 15) is 9.90 Å². The molecule has 6 nitrogen and oxygen atoms in total. The zero-order valence-corrected chi connectivity index (χ0v) is 13.0. The summed E-state index contributed by atoms with van der Waals surface area (Å²) in [6, 6.07) is 8.12. The highest BCUT2D eigenvalue weighted by molar-refractivity contribution is 5.77. The van der Waals surface area contributed by atoms with Gasteiger partial charge in [-0.05, 0) is 12.5 Å². The number of hydrogen-bond donors (Lipinski definition) is 3. The molecule has 1 heterocycles. The zero-order valence-electron chi connectivity index (χ0n) is 13.0. The molecule has 0 radical (unpaired) electrons. The Morgan fingerprint density at radius 3 is 2.82 bits per heavy atom. The second-order valence-corrected chi connectivity index (χ2v) is 5.57. The van der Waals surface area contributed by atoms with E-state index >= 15 is 0 Å². The van der Waals surface area contributed by atoms with E-state index in [-0.39, 0.29) is 25.1 Å². The highest BCUT2D eigenvalue weighted by atomic mass is 16.5. The van der Waals surface area contributed by atoms with Crippen molar-refractivity contribution in [3.63, 3.8) is 0 Å². The molecule has 1 aromatic carbocycles. The molecule has 3 unspecified atom stereocenters. The summed E-state index contributed by atoms with van der Waals surface area (Å²) in [7, 11) is 1.46. The van der Waals surface area contributed by atoms with Crippen LogP contribution in [0.2, 0.25) is 0 Å². The van der Waals surface area contributed by atoms with E-state index < -0.39 is 12.2 Å². The van der Waals surface area contributed by atoms with Crippen LogP contribution >= 0.6 is 0 Å². The van der Waals surface area contributed by atoms with Gasteiger partial charge in [0.05, 0.1) is 18.8 Å². The van der Waals surface area contributed by atoms with Crippen LogP contribution in [0.25, 0.3) is 0 Å². The number of benzene rings is 1. The molecule has 1 aliphatic heterocycles. The van der Waals surface area contributed by atoms with Crippen molar-refractivity contribution >= 4 is 5.91 Å². The molecular formula is C16H24N2O4. The molecule has 1 aliphatic rings. The van der Waals surface area contributed by atoms with Crippen LogP contribution in [0.5, 0.6) is 0 Å². The number of rotatable bonds is 7. The summed E-state index contributed by atoms with van der Waals surface area (Å²) in [4.78, 5) is 11.3. The lowest BCUT2D eigenvalue weighted by Crippen LogP contribution is -2.45. The van der Waals surface area contributed by atoms with Crippen LogP contribution in [0.15, 0.2) is 24.3 Å². The van der Waals surface area contributed by atoms with E-state index in [2.05, 4.69) is 34.9 Å². The summed E-state index contributed by atoms with van der Waals surface area (Å²) in [5.41, 5.74) is 2.38. The summed E-state index contributed by atoms with van der Waals surface area (Å²) in [6.07, 6.45) is -1.04. The lowest BCUT2D eigenvalue weighted by molar-refractivity contribution is -0.125. The van der Waals surface area contributed by atoms with Gasteiger partial charge >= 0.3 is 0 Å². The Morgan fingerprint density at radius 1 is 1.41 bits per heavy atom. The van der Waals surface area contributed by atoms with Crippen molar-refractivity contribution in [1.29, 1.82) is 0 Å². The molecule has 1 saturated heterocycles. The maximum atomic E-state index is 11.3. The number of aliphatic hydroxyl groups is 1. The van der Waals surface area contributed by atoms with E-state index in [0.29, 0.717) is 13.2 Å². The lowest BCUT2D eigenvalue weighted by Gasteiger charge is -2.19. The smallest absolute Gasteiger partial charge is 0.246 e. The first-order chi connectivity index (χ1) is 10.6. The average molecular weight is 308 g/mol. The third-order valence-corrected chi connectivity index (χ3v) is 3.75. The van der Waals surface area contributed by atoms with Crippen molar-refractivity contribution in [3.8, 4) is 0 Å². The van der Waals surface area contributed by atoms with Gasteiger partial charge in [-0.25, -0.2) is 0 Å². The number of ether oxygens (including phenoxy) is 2. The van der Waals surface area contributed by atoms with Crippen molar-refractivity contribution in [2.75, 3.05) is 26.9 Å². The van der Waals surface area contributed by atoms with Crippen LogP contribution in [0.3, 0.4) is 0 Å². The van der Waals surface area contributed by atoms with Crippen molar-refractivity contribution < 1.29 is 19.4 Å². The monoisotopic (exact) mass is 308 g/mol. The van der Waals surface area contributed by atoms with Gasteiger partial charge in [0.2, 0.25) is 5.91 Å². The summed E-state index contributed by atoms with van der Waals surface area (Å²) < 4.78 is 10.3. The highest BCUT2D eigenvalue weighted by Gasteiger charge is 2.35. The molecule has 2 rings (SSSR count). The number of carbonyl (C=O) groups excluding carboxylic acids is 1. The number of aryl methyl sites for hydroxylation is 1. The van der Waals surface area contributed by atoms with E-state index in [4.69, 9.17) is 9.47 Å². The number of aliphatic hydroxyl groups excluding tert-OH is 1. The predicted octanol–water partition coefficient (Wildman–Crippen LogP) is -0.0245. The number of carbonyl (C=O) groups is 1. The van der Waals surface area contributed by atoms with Gasteiger partial charge in [-0.2, -0.15) is 0 Å². The summed E-state index contributed by atoms with van der Waals surface area (Å²) in [5.74, 6) is -0.214. The Morgan fingerprint density at radius 2 is 2.14 bits per heavy atom. The number of nitrogens with one attached hydrogen (secondary N) is 2. The molecule has 3 N–H and O–H groups in total. The van der Waals surface area contributed by atoms with Crippen LogP contribution in [0.1, 0.15) is 11.1 Å². The van der Waals surface area contributed by atoms with Crippen LogP contribution < -0.4 is 10.6 Å².